The first kappa shape index (κ1) is 16.2. The molecule has 0 spiro atoms. The second-order valence-electron chi connectivity index (χ2n) is 6.49. The van der Waals surface area contributed by atoms with Crippen LogP contribution in [0.5, 0.6) is 11.5 Å². The van der Waals surface area contributed by atoms with Gasteiger partial charge < -0.3 is 19.7 Å². The van der Waals surface area contributed by atoms with Gasteiger partial charge in [0.25, 0.3) is 0 Å². The van der Waals surface area contributed by atoms with Gasteiger partial charge in [-0.2, -0.15) is 5.10 Å². The highest BCUT2D eigenvalue weighted by Gasteiger charge is 2.22. The van der Waals surface area contributed by atoms with Crippen LogP contribution < -0.4 is 14.8 Å². The quantitative estimate of drug-likeness (QED) is 0.732. The molecule has 2 aliphatic rings. The number of hydrogen-bond acceptors (Lipinski definition) is 5. The van der Waals surface area contributed by atoms with Gasteiger partial charge in [-0.1, -0.05) is 6.07 Å². The average Bonchev–Trinajstić information content (AvgIpc) is 3.40. The Morgan fingerprint density at radius 1 is 1.15 bits per heavy atom. The molecule has 3 aromatic rings. The van der Waals surface area contributed by atoms with Crippen molar-refractivity contribution in [1.82, 2.24) is 14.7 Å². The average molecular weight is 382 g/mol. The maximum Gasteiger partial charge on any atom is 0.322 e. The van der Waals surface area contributed by atoms with E-state index in [4.69, 9.17) is 14.6 Å². The molecule has 7 nitrogen and oxygen atoms in total. The van der Waals surface area contributed by atoms with E-state index >= 15 is 0 Å². The number of hydrogen-bond donors (Lipinski definition) is 1. The molecule has 0 saturated heterocycles. The van der Waals surface area contributed by atoms with Gasteiger partial charge in [0.15, 0.2) is 11.5 Å². The number of carbonyl (C=O) groups is 1. The van der Waals surface area contributed by atoms with Gasteiger partial charge in [0.2, 0.25) is 6.79 Å². The zero-order valence-corrected chi connectivity index (χ0v) is 15.4. The topological polar surface area (TPSA) is 68.6 Å². The van der Waals surface area contributed by atoms with E-state index in [-0.39, 0.29) is 12.8 Å². The highest BCUT2D eigenvalue weighted by atomic mass is 32.1. The van der Waals surface area contributed by atoms with E-state index in [2.05, 4.69) is 17.4 Å². The van der Waals surface area contributed by atoms with E-state index in [0.717, 1.165) is 29.2 Å². The minimum absolute atomic E-state index is 0.124. The number of fused-ring (bicyclic) bond motifs is 2. The van der Waals surface area contributed by atoms with Crippen LogP contribution in [0.4, 0.5) is 10.5 Å². The molecule has 138 valence electrons. The van der Waals surface area contributed by atoms with E-state index in [0.29, 0.717) is 30.3 Å². The van der Waals surface area contributed by atoms with Crippen molar-refractivity contribution in [2.45, 2.75) is 19.5 Å². The van der Waals surface area contributed by atoms with E-state index in [1.54, 1.807) is 17.4 Å². The predicted molar refractivity (Wildman–Crippen MR) is 102 cm³/mol. The maximum absolute atomic E-state index is 12.8. The van der Waals surface area contributed by atoms with Crippen molar-refractivity contribution in [3.63, 3.8) is 0 Å². The van der Waals surface area contributed by atoms with Crippen LogP contribution in [0.3, 0.4) is 0 Å². The molecule has 27 heavy (non-hydrogen) atoms. The Morgan fingerprint density at radius 2 is 2.07 bits per heavy atom. The number of amides is 2. The Bertz CT molecular complexity index is 983. The molecular weight excluding hydrogens is 364 g/mol. The van der Waals surface area contributed by atoms with E-state index in [1.807, 2.05) is 33.2 Å². The molecular formula is C19H18N4O3S. The third kappa shape index (κ3) is 3.12. The second kappa shape index (κ2) is 6.62. The van der Waals surface area contributed by atoms with Gasteiger partial charge in [0.1, 0.15) is 5.69 Å². The third-order valence-electron chi connectivity index (χ3n) is 4.70. The molecule has 0 unspecified atom stereocenters. The van der Waals surface area contributed by atoms with Crippen LogP contribution in [-0.2, 0) is 13.1 Å². The smallest absolute Gasteiger partial charge is 0.322 e. The number of anilines is 1. The van der Waals surface area contributed by atoms with Gasteiger partial charge in [0.05, 0.1) is 17.1 Å². The number of ether oxygens (including phenoxy) is 2. The largest absolute Gasteiger partial charge is 0.454 e. The third-order valence-corrected chi connectivity index (χ3v) is 5.59. The molecule has 2 aromatic heterocycles. The Balaban J connectivity index is 1.32. The standard InChI is InChI=1S/C19H18N4O3S/c24-19(20-13-4-5-16-17(9-13)26-12-25-16)22-6-2-7-23-14(11-22)10-15(21-23)18-3-1-8-27-18/h1,3-5,8-10H,2,6-7,11-12H2,(H,20,24). The summed E-state index contributed by atoms with van der Waals surface area (Å²) >= 11 is 1.67. The van der Waals surface area contributed by atoms with Gasteiger partial charge in [-0.15, -0.1) is 11.3 Å². The Hall–Kier alpha value is -3.00. The first-order valence-electron chi connectivity index (χ1n) is 8.82. The molecule has 0 bridgehead atoms. The van der Waals surface area contributed by atoms with Crippen molar-refractivity contribution < 1.29 is 14.3 Å². The van der Waals surface area contributed by atoms with Crippen LogP contribution in [0.15, 0.2) is 41.8 Å². The van der Waals surface area contributed by atoms with Crippen LogP contribution in [0.25, 0.3) is 10.6 Å². The number of aryl methyl sites for hydroxylation is 1. The van der Waals surface area contributed by atoms with Gasteiger partial charge >= 0.3 is 6.03 Å². The van der Waals surface area contributed by atoms with Crippen LogP contribution >= 0.6 is 11.3 Å². The second-order valence-corrected chi connectivity index (χ2v) is 7.44. The lowest BCUT2D eigenvalue weighted by Gasteiger charge is -2.20. The molecule has 0 fully saturated rings. The lowest BCUT2D eigenvalue weighted by molar-refractivity contribution is 0.174. The van der Waals surface area contributed by atoms with Crippen molar-refractivity contribution in [3.05, 3.63) is 47.5 Å². The lowest BCUT2D eigenvalue weighted by Crippen LogP contribution is -2.34. The van der Waals surface area contributed by atoms with Crippen LogP contribution in [-0.4, -0.2) is 34.0 Å². The summed E-state index contributed by atoms with van der Waals surface area (Å²) in [5, 5.41) is 9.71. The SMILES string of the molecule is O=C(Nc1ccc2c(c1)OCO2)N1CCCn2nc(-c3cccs3)cc2C1. The molecule has 5 rings (SSSR count). The van der Waals surface area contributed by atoms with Crippen molar-refractivity contribution in [2.75, 3.05) is 18.7 Å². The number of rotatable bonds is 2. The summed E-state index contributed by atoms with van der Waals surface area (Å²) in [7, 11) is 0. The fourth-order valence-corrected chi connectivity index (χ4v) is 4.04. The number of thiophene rings is 1. The van der Waals surface area contributed by atoms with Crippen molar-refractivity contribution in [2.24, 2.45) is 0 Å². The highest BCUT2D eigenvalue weighted by molar-refractivity contribution is 7.13. The zero-order chi connectivity index (χ0) is 18.2. The van der Waals surface area contributed by atoms with Crippen molar-refractivity contribution in [1.29, 1.82) is 0 Å². The highest BCUT2D eigenvalue weighted by Crippen LogP contribution is 2.34. The summed E-state index contributed by atoms with van der Waals surface area (Å²) in [6.45, 7) is 2.26. The molecule has 0 atom stereocenters. The maximum atomic E-state index is 12.8. The molecule has 0 radical (unpaired) electrons. The number of nitrogens with zero attached hydrogens (tertiary/aromatic N) is 3. The Labute approximate surface area is 160 Å². The fraction of sp³-hybridized carbons (Fsp3) is 0.263. The van der Waals surface area contributed by atoms with Crippen LogP contribution in [0, 0.1) is 0 Å². The molecule has 0 aliphatic carbocycles. The number of nitrogens with one attached hydrogen (secondary N) is 1. The summed E-state index contributed by atoms with van der Waals surface area (Å²) in [6.07, 6.45) is 0.868. The molecule has 2 aliphatic heterocycles. The normalized spacial score (nSPS) is 15.3. The van der Waals surface area contributed by atoms with E-state index in [9.17, 15) is 4.79 Å². The molecule has 0 saturated carbocycles. The number of urea groups is 1. The minimum atomic E-state index is -0.124. The number of aromatic nitrogens is 2. The monoisotopic (exact) mass is 382 g/mol. The van der Waals surface area contributed by atoms with Crippen LogP contribution in [0.1, 0.15) is 12.1 Å². The summed E-state index contributed by atoms with van der Waals surface area (Å²) in [6, 6.07) is 11.5. The van der Waals surface area contributed by atoms with Crippen molar-refractivity contribution >= 4 is 23.1 Å². The summed E-state index contributed by atoms with van der Waals surface area (Å²) in [5.74, 6) is 1.36. The van der Waals surface area contributed by atoms with Crippen LogP contribution in [0.2, 0.25) is 0 Å². The van der Waals surface area contributed by atoms with Crippen molar-refractivity contribution in [3.8, 4) is 22.1 Å². The minimum Gasteiger partial charge on any atom is -0.454 e. The molecule has 1 N–H and O–H groups in total. The Kier molecular flexibility index (Phi) is 3.97. The summed E-state index contributed by atoms with van der Waals surface area (Å²) < 4.78 is 12.7. The summed E-state index contributed by atoms with van der Waals surface area (Å²) in [4.78, 5) is 15.7. The van der Waals surface area contributed by atoms with E-state index in [1.165, 1.54) is 0 Å². The summed E-state index contributed by atoms with van der Waals surface area (Å²) in [5.41, 5.74) is 2.72. The van der Waals surface area contributed by atoms with Gasteiger partial charge in [0, 0.05) is 24.8 Å². The number of carbonyl (C=O) groups excluding carboxylic acids is 1. The van der Waals surface area contributed by atoms with Gasteiger partial charge in [-0.3, -0.25) is 4.68 Å². The lowest BCUT2D eigenvalue weighted by atomic mass is 10.2. The molecule has 2 amide bonds. The first-order chi connectivity index (χ1) is 13.3. The van der Waals surface area contributed by atoms with Gasteiger partial charge in [-0.25, -0.2) is 4.79 Å². The molecule has 8 heteroatoms. The Morgan fingerprint density at radius 3 is 2.96 bits per heavy atom. The fourth-order valence-electron chi connectivity index (χ4n) is 3.36. The molecule has 4 heterocycles. The predicted octanol–water partition coefficient (Wildman–Crippen LogP) is 3.78. The molecule has 1 aromatic carbocycles. The first-order valence-corrected chi connectivity index (χ1v) is 9.70. The number of benzene rings is 1. The zero-order valence-electron chi connectivity index (χ0n) is 14.6. The van der Waals surface area contributed by atoms with E-state index < -0.39 is 0 Å². The van der Waals surface area contributed by atoms with Gasteiger partial charge in [-0.05, 0) is 36.1 Å².